The number of rotatable bonds is 5. The molecule has 0 spiro atoms. The zero-order valence-corrected chi connectivity index (χ0v) is 9.46. The molecule has 0 N–H and O–H groups in total. The summed E-state index contributed by atoms with van der Waals surface area (Å²) in [5, 5.41) is 0. The predicted octanol–water partition coefficient (Wildman–Crippen LogP) is 3.55. The van der Waals surface area contributed by atoms with Gasteiger partial charge in [-0.1, -0.05) is 29.8 Å². The summed E-state index contributed by atoms with van der Waals surface area (Å²) >= 11 is 5.60. The highest BCUT2D eigenvalue weighted by Crippen LogP contribution is 2.18. The lowest BCUT2D eigenvalue weighted by atomic mass is 10.1. The summed E-state index contributed by atoms with van der Waals surface area (Å²) in [6, 6.07) is 0. The fourth-order valence-electron chi connectivity index (χ4n) is 0.756. The monoisotopic (exact) mass is 224 g/mol. The van der Waals surface area contributed by atoms with E-state index in [4.69, 9.17) is 0 Å². The second-order valence-electron chi connectivity index (χ2n) is 2.90. The summed E-state index contributed by atoms with van der Waals surface area (Å²) < 4.78 is 0. The molecule has 10 heavy (non-hydrogen) atoms. The third-order valence-corrected chi connectivity index (χ3v) is 3.76. The Morgan fingerprint density at radius 1 is 1.40 bits per heavy atom. The molecule has 0 amide bonds. The van der Waals surface area contributed by atoms with Crippen LogP contribution in [-0.2, 0) is 0 Å². The molecule has 0 aromatic heterocycles. The van der Waals surface area contributed by atoms with E-state index in [-0.39, 0.29) is 0 Å². The van der Waals surface area contributed by atoms with Crippen LogP contribution in [0.5, 0.6) is 0 Å². The van der Waals surface area contributed by atoms with Gasteiger partial charge in [0.05, 0.1) is 0 Å². The average molecular weight is 225 g/mol. The molecule has 1 atom stereocenters. The molecule has 0 rings (SSSR count). The van der Waals surface area contributed by atoms with Gasteiger partial charge in [-0.3, -0.25) is 0 Å². The van der Waals surface area contributed by atoms with E-state index in [0.717, 1.165) is 10.7 Å². The molecule has 0 radical (unpaired) electrons. The largest absolute Gasteiger partial charge is 0.165 e. The van der Waals surface area contributed by atoms with Crippen LogP contribution in [0.4, 0.5) is 0 Å². The van der Waals surface area contributed by atoms with Crippen LogP contribution in [0.2, 0.25) is 0 Å². The lowest BCUT2D eigenvalue weighted by molar-refractivity contribution is 0.577. The van der Waals surface area contributed by atoms with Crippen LogP contribution in [-0.4, -0.2) is 16.8 Å². The molecule has 0 heterocycles. The molecule has 0 bridgehead atoms. The molecule has 0 saturated carbocycles. The van der Waals surface area contributed by atoms with E-state index in [9.17, 15) is 0 Å². The molecule has 0 fully saturated rings. The van der Waals surface area contributed by atoms with Gasteiger partial charge < -0.3 is 0 Å². The third kappa shape index (κ3) is 5.60. The quantitative estimate of drug-likeness (QED) is 0.509. The van der Waals surface area contributed by atoms with E-state index < -0.39 is 0 Å². The van der Waals surface area contributed by atoms with Gasteiger partial charge in [0.1, 0.15) is 0 Å². The van der Waals surface area contributed by atoms with Crippen LogP contribution in [0.3, 0.4) is 0 Å². The van der Waals surface area contributed by atoms with Gasteiger partial charge in [0.25, 0.3) is 0 Å². The van der Waals surface area contributed by atoms with Crippen molar-refractivity contribution in [3.8, 4) is 0 Å². The molecule has 1 unspecified atom stereocenters. The summed E-state index contributed by atoms with van der Waals surface area (Å²) in [6.45, 7) is 4.52. The Kier molecular flexibility index (Phi) is 7.08. The predicted molar refractivity (Wildman–Crippen MR) is 55.2 cm³/mol. The number of hydrogen-bond donors (Lipinski definition) is 0. The van der Waals surface area contributed by atoms with Crippen molar-refractivity contribution >= 4 is 27.7 Å². The molecule has 0 aliphatic rings. The van der Waals surface area contributed by atoms with Gasteiger partial charge in [0.15, 0.2) is 0 Å². The topological polar surface area (TPSA) is 0 Å². The van der Waals surface area contributed by atoms with E-state index >= 15 is 0 Å². The van der Waals surface area contributed by atoms with Gasteiger partial charge in [-0.05, 0) is 30.8 Å². The second-order valence-corrected chi connectivity index (χ2v) is 5.06. The van der Waals surface area contributed by atoms with E-state index in [0.29, 0.717) is 0 Å². The molecule has 0 aliphatic carbocycles. The van der Waals surface area contributed by atoms with Crippen LogP contribution in [0.25, 0.3) is 0 Å². The SMILES string of the molecule is CSCCCC(Br)C(C)C. The van der Waals surface area contributed by atoms with Crippen molar-refractivity contribution in [2.75, 3.05) is 12.0 Å². The fourth-order valence-corrected chi connectivity index (χ4v) is 1.54. The van der Waals surface area contributed by atoms with E-state index in [1.54, 1.807) is 0 Å². The summed E-state index contributed by atoms with van der Waals surface area (Å²) in [6.07, 6.45) is 4.83. The van der Waals surface area contributed by atoms with Gasteiger partial charge in [0, 0.05) is 4.83 Å². The lowest BCUT2D eigenvalue weighted by Crippen LogP contribution is -2.06. The minimum absolute atomic E-state index is 0.722. The first-order valence-electron chi connectivity index (χ1n) is 3.81. The lowest BCUT2D eigenvalue weighted by Gasteiger charge is -2.12. The van der Waals surface area contributed by atoms with Gasteiger partial charge in [-0.15, -0.1) is 0 Å². The molecule has 2 heteroatoms. The van der Waals surface area contributed by atoms with Crippen LogP contribution >= 0.6 is 27.7 Å². The van der Waals surface area contributed by atoms with Crippen LogP contribution in [0.1, 0.15) is 26.7 Å². The molecule has 62 valence electrons. The Bertz CT molecular complexity index is 73.7. The van der Waals surface area contributed by atoms with E-state index in [2.05, 4.69) is 36.0 Å². The molecule has 0 aromatic rings. The van der Waals surface area contributed by atoms with Crippen molar-refractivity contribution < 1.29 is 0 Å². The summed E-state index contributed by atoms with van der Waals surface area (Å²) in [7, 11) is 0. The first-order chi connectivity index (χ1) is 4.68. The maximum atomic E-state index is 3.66. The van der Waals surface area contributed by atoms with Crippen LogP contribution in [0.15, 0.2) is 0 Å². The Balaban J connectivity index is 3.13. The van der Waals surface area contributed by atoms with Crippen molar-refractivity contribution in [1.82, 2.24) is 0 Å². The highest BCUT2D eigenvalue weighted by atomic mass is 79.9. The van der Waals surface area contributed by atoms with Gasteiger partial charge >= 0.3 is 0 Å². The van der Waals surface area contributed by atoms with Crippen LogP contribution < -0.4 is 0 Å². The highest BCUT2D eigenvalue weighted by Gasteiger charge is 2.07. The van der Waals surface area contributed by atoms with Gasteiger partial charge in [-0.2, -0.15) is 11.8 Å². The second kappa shape index (κ2) is 6.53. The summed E-state index contributed by atoms with van der Waals surface area (Å²) in [5.41, 5.74) is 0. The van der Waals surface area contributed by atoms with E-state index in [1.165, 1.54) is 18.6 Å². The van der Waals surface area contributed by atoms with Crippen LogP contribution in [0, 0.1) is 5.92 Å². The number of hydrogen-bond acceptors (Lipinski definition) is 1. The average Bonchev–Trinajstić information content (AvgIpc) is 1.88. The van der Waals surface area contributed by atoms with Crippen molar-refractivity contribution in [2.45, 2.75) is 31.5 Å². The first-order valence-corrected chi connectivity index (χ1v) is 6.12. The fraction of sp³-hybridized carbons (Fsp3) is 1.00. The van der Waals surface area contributed by atoms with Crippen molar-refractivity contribution in [1.29, 1.82) is 0 Å². The van der Waals surface area contributed by atoms with Crippen molar-refractivity contribution in [3.05, 3.63) is 0 Å². The third-order valence-electron chi connectivity index (χ3n) is 1.55. The number of alkyl halides is 1. The molecular weight excluding hydrogens is 208 g/mol. The van der Waals surface area contributed by atoms with E-state index in [1.807, 2.05) is 11.8 Å². The maximum absolute atomic E-state index is 3.66. The standard InChI is InChI=1S/C8H17BrS/c1-7(2)8(9)5-4-6-10-3/h7-8H,4-6H2,1-3H3. The number of thioether (sulfide) groups is 1. The smallest absolute Gasteiger partial charge is 0.0169 e. The molecule has 0 saturated heterocycles. The number of halogens is 1. The van der Waals surface area contributed by atoms with Gasteiger partial charge in [0.2, 0.25) is 0 Å². The Hall–Kier alpha value is 0.830. The summed E-state index contributed by atoms with van der Waals surface area (Å²) in [5.74, 6) is 2.08. The Morgan fingerprint density at radius 2 is 2.00 bits per heavy atom. The molecular formula is C8H17BrS. The molecule has 0 aliphatic heterocycles. The Labute approximate surface area is 77.3 Å². The zero-order chi connectivity index (χ0) is 7.98. The Morgan fingerprint density at radius 3 is 2.40 bits per heavy atom. The zero-order valence-electron chi connectivity index (χ0n) is 7.06. The van der Waals surface area contributed by atoms with Crippen molar-refractivity contribution in [2.24, 2.45) is 5.92 Å². The molecule has 0 aromatic carbocycles. The van der Waals surface area contributed by atoms with Gasteiger partial charge in [-0.25, -0.2) is 0 Å². The van der Waals surface area contributed by atoms with Crippen molar-refractivity contribution in [3.63, 3.8) is 0 Å². The maximum Gasteiger partial charge on any atom is 0.0169 e. The normalized spacial score (nSPS) is 14.1. The summed E-state index contributed by atoms with van der Waals surface area (Å²) in [4.78, 5) is 0.722. The highest BCUT2D eigenvalue weighted by molar-refractivity contribution is 9.09. The minimum Gasteiger partial charge on any atom is -0.165 e. The minimum atomic E-state index is 0.722. The first kappa shape index (κ1) is 10.8. The molecule has 0 nitrogen and oxygen atoms in total.